The van der Waals surface area contributed by atoms with Crippen molar-refractivity contribution in [3.63, 3.8) is 0 Å². The van der Waals surface area contributed by atoms with E-state index in [1.807, 2.05) is 30.0 Å². The molecule has 1 fully saturated rings. The number of aromatic nitrogens is 2. The van der Waals surface area contributed by atoms with Gasteiger partial charge in [0.1, 0.15) is 17.6 Å². The topological polar surface area (TPSA) is 59.4 Å². The molecule has 32 heavy (non-hydrogen) atoms. The van der Waals surface area contributed by atoms with Gasteiger partial charge >= 0.3 is 0 Å². The predicted molar refractivity (Wildman–Crippen MR) is 120 cm³/mol. The molecule has 2 aliphatic rings. The number of likely N-dealkylation sites (tertiary alicyclic amines) is 1. The van der Waals surface area contributed by atoms with Crippen LogP contribution in [0.25, 0.3) is 0 Å². The van der Waals surface area contributed by atoms with Gasteiger partial charge in [0.2, 0.25) is 0 Å². The zero-order valence-corrected chi connectivity index (χ0v) is 18.6. The standard InChI is InChI=1S/C24H30F2N4O2/c1-4-5-17-13-18(6-7-21(17)32-3)24(31)29-10-8-16(9-11-29)19-14-20(23(25)26)30-22(27-19)12-15(2)28-30/h4,6-7,12-13,16,19-20,23,27H,1,5,8-11,14H2,2-3H3/t19-,20+/m0/s1. The largest absolute Gasteiger partial charge is 0.496 e. The summed E-state index contributed by atoms with van der Waals surface area (Å²) in [6, 6.07) is 6.35. The van der Waals surface area contributed by atoms with E-state index in [4.69, 9.17) is 4.74 Å². The highest BCUT2D eigenvalue weighted by Crippen LogP contribution is 2.37. The Morgan fingerprint density at radius 1 is 1.34 bits per heavy atom. The molecule has 6 nitrogen and oxygen atoms in total. The first kappa shape index (κ1) is 22.3. The van der Waals surface area contributed by atoms with Crippen LogP contribution in [0, 0.1) is 12.8 Å². The fraction of sp³-hybridized carbons (Fsp3) is 0.500. The number of benzene rings is 1. The maximum Gasteiger partial charge on any atom is 0.260 e. The molecule has 2 atom stereocenters. The highest BCUT2D eigenvalue weighted by atomic mass is 19.3. The van der Waals surface area contributed by atoms with Gasteiger partial charge in [-0.25, -0.2) is 13.5 Å². The molecule has 0 aliphatic carbocycles. The Balaban J connectivity index is 1.42. The molecular weight excluding hydrogens is 414 g/mol. The summed E-state index contributed by atoms with van der Waals surface area (Å²) < 4.78 is 34.2. The van der Waals surface area contributed by atoms with Crippen LogP contribution in [-0.4, -0.2) is 53.3 Å². The maximum absolute atomic E-state index is 13.7. The normalized spacial score (nSPS) is 21.2. The summed E-state index contributed by atoms with van der Waals surface area (Å²) in [5, 5.41) is 7.66. The van der Waals surface area contributed by atoms with Crippen molar-refractivity contribution in [1.82, 2.24) is 14.7 Å². The summed E-state index contributed by atoms with van der Waals surface area (Å²) in [5.41, 5.74) is 2.29. The number of carbonyl (C=O) groups excluding carboxylic acids is 1. The Morgan fingerprint density at radius 3 is 2.75 bits per heavy atom. The Hall–Kier alpha value is -2.90. The Bertz CT molecular complexity index is 982. The second kappa shape index (κ2) is 9.30. The van der Waals surface area contributed by atoms with Gasteiger partial charge in [0, 0.05) is 30.8 Å². The van der Waals surface area contributed by atoms with Crippen LogP contribution < -0.4 is 10.1 Å². The van der Waals surface area contributed by atoms with Crippen LogP contribution in [0.15, 0.2) is 36.9 Å². The second-order valence-corrected chi connectivity index (χ2v) is 8.65. The number of amides is 1. The molecular formula is C24H30F2N4O2. The van der Waals surface area contributed by atoms with Gasteiger partial charge < -0.3 is 15.0 Å². The minimum atomic E-state index is -2.46. The first-order valence-electron chi connectivity index (χ1n) is 11.1. The number of nitrogens with zero attached hydrogens (tertiary/aromatic N) is 3. The number of piperidine rings is 1. The van der Waals surface area contributed by atoms with E-state index in [9.17, 15) is 13.6 Å². The molecule has 4 rings (SSSR count). The molecule has 1 aromatic carbocycles. The average molecular weight is 445 g/mol. The fourth-order valence-corrected chi connectivity index (χ4v) is 4.92. The van der Waals surface area contributed by atoms with Crippen molar-refractivity contribution >= 4 is 11.7 Å². The van der Waals surface area contributed by atoms with Crippen molar-refractivity contribution < 1.29 is 18.3 Å². The number of fused-ring (bicyclic) bond motifs is 1. The number of methoxy groups -OCH3 is 1. The number of anilines is 1. The summed E-state index contributed by atoms with van der Waals surface area (Å²) in [7, 11) is 1.61. The van der Waals surface area contributed by atoms with Crippen LogP contribution >= 0.6 is 0 Å². The molecule has 1 saturated heterocycles. The molecule has 172 valence electrons. The third-order valence-electron chi connectivity index (χ3n) is 6.58. The number of rotatable bonds is 6. The molecule has 0 bridgehead atoms. The molecule has 8 heteroatoms. The average Bonchev–Trinajstić information content (AvgIpc) is 3.18. The zero-order valence-electron chi connectivity index (χ0n) is 18.6. The van der Waals surface area contributed by atoms with Crippen molar-refractivity contribution in [2.75, 3.05) is 25.5 Å². The van der Waals surface area contributed by atoms with Crippen molar-refractivity contribution in [3.8, 4) is 5.75 Å². The molecule has 1 amide bonds. The van der Waals surface area contributed by atoms with Crippen LogP contribution in [0.4, 0.5) is 14.6 Å². The Morgan fingerprint density at radius 2 is 2.09 bits per heavy atom. The SMILES string of the molecule is C=CCc1cc(C(=O)N2CCC([C@@H]3C[C@H](C(F)F)n4nc(C)cc4N3)CC2)ccc1OC. The molecule has 3 heterocycles. The van der Waals surface area contributed by atoms with Crippen molar-refractivity contribution in [2.45, 2.75) is 51.1 Å². The molecule has 1 aromatic heterocycles. The first-order chi connectivity index (χ1) is 15.4. The van der Waals surface area contributed by atoms with Gasteiger partial charge in [0.15, 0.2) is 0 Å². The number of alkyl halides is 2. The van der Waals surface area contributed by atoms with Gasteiger partial charge in [-0.15, -0.1) is 6.58 Å². The monoisotopic (exact) mass is 444 g/mol. The van der Waals surface area contributed by atoms with Crippen LogP contribution in [0.5, 0.6) is 5.75 Å². The quantitative estimate of drug-likeness (QED) is 0.668. The van der Waals surface area contributed by atoms with E-state index < -0.39 is 12.5 Å². The lowest BCUT2D eigenvalue weighted by Gasteiger charge is -2.40. The maximum atomic E-state index is 13.7. The summed E-state index contributed by atoms with van der Waals surface area (Å²) >= 11 is 0. The predicted octanol–water partition coefficient (Wildman–Crippen LogP) is 4.47. The van der Waals surface area contributed by atoms with Gasteiger partial charge in [-0.05, 0) is 62.3 Å². The Kier molecular flexibility index (Phi) is 6.48. The van der Waals surface area contributed by atoms with Crippen molar-refractivity contribution in [1.29, 1.82) is 0 Å². The number of nitrogens with one attached hydrogen (secondary N) is 1. The lowest BCUT2D eigenvalue weighted by molar-refractivity contribution is 0.0539. The third-order valence-corrected chi connectivity index (χ3v) is 6.58. The lowest BCUT2D eigenvalue weighted by Crippen LogP contribution is -2.46. The molecule has 0 unspecified atom stereocenters. The van der Waals surface area contributed by atoms with Gasteiger partial charge in [-0.1, -0.05) is 6.08 Å². The fourth-order valence-electron chi connectivity index (χ4n) is 4.92. The molecule has 2 aliphatic heterocycles. The first-order valence-corrected chi connectivity index (χ1v) is 11.1. The second-order valence-electron chi connectivity index (χ2n) is 8.65. The number of hydrogen-bond donors (Lipinski definition) is 1. The van der Waals surface area contributed by atoms with Gasteiger partial charge in [-0.2, -0.15) is 5.10 Å². The number of halogens is 2. The smallest absolute Gasteiger partial charge is 0.260 e. The van der Waals surface area contributed by atoms with Crippen LogP contribution in [0.3, 0.4) is 0 Å². The highest BCUT2D eigenvalue weighted by molar-refractivity contribution is 5.94. The minimum Gasteiger partial charge on any atom is -0.496 e. The molecule has 1 N–H and O–H groups in total. The third kappa shape index (κ3) is 4.36. The van der Waals surface area contributed by atoms with Crippen LogP contribution in [-0.2, 0) is 6.42 Å². The van der Waals surface area contributed by atoms with Gasteiger partial charge in [-0.3, -0.25) is 4.79 Å². The van der Waals surface area contributed by atoms with Crippen molar-refractivity contribution in [2.24, 2.45) is 5.92 Å². The summed E-state index contributed by atoms with van der Waals surface area (Å²) in [5.74, 6) is 1.63. The molecule has 0 saturated carbocycles. The van der Waals surface area contributed by atoms with Gasteiger partial charge in [0.05, 0.1) is 12.8 Å². The molecule has 0 spiro atoms. The number of carbonyl (C=O) groups is 1. The van der Waals surface area contributed by atoms with E-state index in [-0.39, 0.29) is 17.9 Å². The summed E-state index contributed by atoms with van der Waals surface area (Å²) in [6.07, 6.45) is 1.85. The van der Waals surface area contributed by atoms with E-state index in [2.05, 4.69) is 17.0 Å². The minimum absolute atomic E-state index is 0.00724. The van der Waals surface area contributed by atoms with E-state index in [0.29, 0.717) is 37.3 Å². The van der Waals surface area contributed by atoms with E-state index in [1.165, 1.54) is 4.68 Å². The van der Waals surface area contributed by atoms with Crippen LogP contribution in [0.1, 0.15) is 46.9 Å². The lowest BCUT2D eigenvalue weighted by atomic mass is 9.84. The molecule has 0 radical (unpaired) electrons. The van der Waals surface area contributed by atoms with E-state index in [1.54, 1.807) is 19.3 Å². The highest BCUT2D eigenvalue weighted by Gasteiger charge is 2.38. The number of ether oxygens (including phenoxy) is 1. The van der Waals surface area contributed by atoms with E-state index in [0.717, 1.165) is 29.8 Å². The zero-order chi connectivity index (χ0) is 22.8. The summed E-state index contributed by atoms with van der Waals surface area (Å²) in [6.45, 7) is 6.81. The number of aryl methyl sites for hydroxylation is 1. The molecule has 2 aromatic rings. The number of allylic oxidation sites excluding steroid dienone is 1. The summed E-state index contributed by atoms with van der Waals surface area (Å²) in [4.78, 5) is 14.9. The van der Waals surface area contributed by atoms with Gasteiger partial charge in [0.25, 0.3) is 12.3 Å². The number of hydrogen-bond acceptors (Lipinski definition) is 4. The van der Waals surface area contributed by atoms with E-state index >= 15 is 0 Å². The van der Waals surface area contributed by atoms with Crippen LogP contribution in [0.2, 0.25) is 0 Å². The Labute approximate surface area is 187 Å². The van der Waals surface area contributed by atoms with Crippen molar-refractivity contribution in [3.05, 3.63) is 53.7 Å².